The third-order valence-corrected chi connectivity index (χ3v) is 3.34. The summed E-state index contributed by atoms with van der Waals surface area (Å²) in [5, 5.41) is 9.60. The molecule has 5 heteroatoms. The van der Waals surface area contributed by atoms with Gasteiger partial charge >= 0.3 is 5.97 Å². The number of aliphatic hydroxyl groups excluding tert-OH is 1. The van der Waals surface area contributed by atoms with Gasteiger partial charge in [-0.25, -0.2) is 9.18 Å². The number of esters is 1. The molecule has 0 aliphatic carbocycles. The van der Waals surface area contributed by atoms with Crippen LogP contribution in [0.1, 0.15) is 13.8 Å². The molecule has 1 unspecified atom stereocenters. The third-order valence-electron chi connectivity index (χ3n) is 3.34. The van der Waals surface area contributed by atoms with Gasteiger partial charge in [0.2, 0.25) is 6.29 Å². The van der Waals surface area contributed by atoms with Gasteiger partial charge in [-0.3, -0.25) is 0 Å². The van der Waals surface area contributed by atoms with Gasteiger partial charge in [0.15, 0.2) is 11.6 Å². The first kappa shape index (κ1) is 18.4. The lowest BCUT2D eigenvalue weighted by Crippen LogP contribution is -2.16. The van der Waals surface area contributed by atoms with Crippen molar-refractivity contribution in [3.05, 3.63) is 72.6 Å². The van der Waals surface area contributed by atoms with Crippen LogP contribution in [0, 0.1) is 5.82 Å². The van der Waals surface area contributed by atoms with Gasteiger partial charge in [-0.1, -0.05) is 31.4 Å². The maximum Gasteiger partial charge on any atom is 0.338 e. The summed E-state index contributed by atoms with van der Waals surface area (Å²) in [4.78, 5) is 11.5. The number of hydrogen-bond acceptors (Lipinski definition) is 4. The molecule has 2 aromatic rings. The van der Waals surface area contributed by atoms with Crippen LogP contribution in [0.3, 0.4) is 0 Å². The SMILES string of the molecule is C=C(C)C(=O)Oc1ccc(-c2ccc(OC(O)C(=C)C)c(F)c2)cc1. The molecule has 4 nitrogen and oxygen atoms in total. The Morgan fingerprint density at radius 2 is 1.68 bits per heavy atom. The highest BCUT2D eigenvalue weighted by Gasteiger charge is 2.12. The standard InChI is InChI=1S/C20H19FO4/c1-12(2)19(22)24-16-8-5-14(6-9-16)15-7-10-18(17(21)11-15)25-20(23)13(3)4/h5-11,20,23H,1,3H2,2,4H3. The quantitative estimate of drug-likeness (QED) is 0.280. The largest absolute Gasteiger partial charge is 0.458 e. The first-order chi connectivity index (χ1) is 11.8. The smallest absolute Gasteiger partial charge is 0.338 e. The van der Waals surface area contributed by atoms with Crippen molar-refractivity contribution < 1.29 is 23.8 Å². The average Bonchev–Trinajstić information content (AvgIpc) is 2.57. The second-order valence-electron chi connectivity index (χ2n) is 5.66. The highest BCUT2D eigenvalue weighted by molar-refractivity contribution is 5.88. The Bertz CT molecular complexity index is 809. The number of carbonyl (C=O) groups excluding carboxylic acids is 1. The number of carbonyl (C=O) groups is 1. The zero-order valence-electron chi connectivity index (χ0n) is 14.1. The molecule has 0 aliphatic rings. The molecule has 0 saturated carbocycles. The van der Waals surface area contributed by atoms with Crippen molar-refractivity contribution in [2.75, 3.05) is 0 Å². The minimum atomic E-state index is -1.26. The fourth-order valence-electron chi connectivity index (χ4n) is 1.91. The predicted molar refractivity (Wildman–Crippen MR) is 93.7 cm³/mol. The number of hydrogen-bond donors (Lipinski definition) is 1. The number of ether oxygens (including phenoxy) is 2. The van der Waals surface area contributed by atoms with Gasteiger partial charge in [-0.2, -0.15) is 0 Å². The first-order valence-corrected chi connectivity index (χ1v) is 7.55. The molecule has 1 atom stereocenters. The van der Waals surface area contributed by atoms with Gasteiger partial charge in [-0.05, 0) is 54.8 Å². The number of benzene rings is 2. The van der Waals surface area contributed by atoms with E-state index in [1.807, 2.05) is 0 Å². The summed E-state index contributed by atoms with van der Waals surface area (Å²) in [6.45, 7) is 10.2. The molecule has 0 bridgehead atoms. The molecular formula is C20H19FO4. The summed E-state index contributed by atoms with van der Waals surface area (Å²) in [6, 6.07) is 11.0. The highest BCUT2D eigenvalue weighted by Crippen LogP contribution is 2.28. The lowest BCUT2D eigenvalue weighted by atomic mass is 10.1. The van der Waals surface area contributed by atoms with Crippen molar-refractivity contribution in [1.29, 1.82) is 0 Å². The van der Waals surface area contributed by atoms with E-state index in [9.17, 15) is 14.3 Å². The number of rotatable bonds is 6. The van der Waals surface area contributed by atoms with E-state index in [-0.39, 0.29) is 5.75 Å². The molecule has 130 valence electrons. The fourth-order valence-corrected chi connectivity index (χ4v) is 1.91. The number of halogens is 1. The maximum absolute atomic E-state index is 14.2. The summed E-state index contributed by atoms with van der Waals surface area (Å²) < 4.78 is 24.4. The van der Waals surface area contributed by atoms with Gasteiger partial charge in [0.25, 0.3) is 0 Å². The molecule has 0 aliphatic heterocycles. The molecule has 0 spiro atoms. The molecule has 0 amide bonds. The van der Waals surface area contributed by atoms with Gasteiger partial charge in [0.05, 0.1) is 0 Å². The van der Waals surface area contributed by atoms with E-state index >= 15 is 0 Å². The van der Waals surface area contributed by atoms with Gasteiger partial charge in [-0.15, -0.1) is 0 Å². The fraction of sp³-hybridized carbons (Fsp3) is 0.150. The van der Waals surface area contributed by atoms with Crippen LogP contribution >= 0.6 is 0 Å². The molecule has 0 fully saturated rings. The van der Waals surface area contributed by atoms with Crippen LogP contribution in [0.4, 0.5) is 4.39 Å². The minimum absolute atomic E-state index is 0.0636. The van der Waals surface area contributed by atoms with E-state index in [1.165, 1.54) is 12.1 Å². The number of aliphatic hydroxyl groups is 1. The average molecular weight is 342 g/mol. The molecule has 25 heavy (non-hydrogen) atoms. The lowest BCUT2D eigenvalue weighted by molar-refractivity contribution is -0.130. The first-order valence-electron chi connectivity index (χ1n) is 7.55. The molecule has 2 aromatic carbocycles. The minimum Gasteiger partial charge on any atom is -0.458 e. The van der Waals surface area contributed by atoms with Crippen molar-refractivity contribution in [1.82, 2.24) is 0 Å². The van der Waals surface area contributed by atoms with E-state index in [4.69, 9.17) is 9.47 Å². The molecule has 1 N–H and O–H groups in total. The van der Waals surface area contributed by atoms with Crippen LogP contribution < -0.4 is 9.47 Å². The van der Waals surface area contributed by atoms with E-state index in [1.54, 1.807) is 44.2 Å². The van der Waals surface area contributed by atoms with Crippen molar-refractivity contribution >= 4 is 5.97 Å². The van der Waals surface area contributed by atoms with Gasteiger partial charge in [0.1, 0.15) is 5.75 Å². The lowest BCUT2D eigenvalue weighted by Gasteiger charge is -2.14. The summed E-state index contributed by atoms with van der Waals surface area (Å²) in [6.07, 6.45) is -1.26. The zero-order valence-corrected chi connectivity index (χ0v) is 14.1. The summed E-state index contributed by atoms with van der Waals surface area (Å²) in [5.41, 5.74) is 2.04. The van der Waals surface area contributed by atoms with Crippen molar-refractivity contribution in [2.45, 2.75) is 20.1 Å². The van der Waals surface area contributed by atoms with Crippen LogP contribution in [-0.2, 0) is 4.79 Å². The normalized spacial score (nSPS) is 11.5. The van der Waals surface area contributed by atoms with Gasteiger partial charge < -0.3 is 14.6 Å². The van der Waals surface area contributed by atoms with E-state index in [0.29, 0.717) is 22.5 Å². The molecule has 0 saturated heterocycles. The van der Waals surface area contributed by atoms with Crippen molar-refractivity contribution in [3.8, 4) is 22.6 Å². The molecule has 0 heterocycles. The molecular weight excluding hydrogens is 323 g/mol. The van der Waals surface area contributed by atoms with E-state index in [0.717, 1.165) is 5.56 Å². The Balaban J connectivity index is 2.16. The molecule has 0 aromatic heterocycles. The Morgan fingerprint density at radius 1 is 1.08 bits per heavy atom. The zero-order chi connectivity index (χ0) is 18.6. The molecule has 0 radical (unpaired) electrons. The van der Waals surface area contributed by atoms with Crippen LogP contribution in [0.2, 0.25) is 0 Å². The summed E-state index contributed by atoms with van der Waals surface area (Å²) in [7, 11) is 0. The summed E-state index contributed by atoms with van der Waals surface area (Å²) >= 11 is 0. The van der Waals surface area contributed by atoms with Gasteiger partial charge in [0, 0.05) is 5.57 Å². The maximum atomic E-state index is 14.2. The van der Waals surface area contributed by atoms with Crippen LogP contribution in [0.5, 0.6) is 11.5 Å². The third kappa shape index (κ3) is 4.78. The van der Waals surface area contributed by atoms with E-state index < -0.39 is 18.1 Å². The molecule has 2 rings (SSSR count). The monoisotopic (exact) mass is 342 g/mol. The van der Waals surface area contributed by atoms with Crippen molar-refractivity contribution in [2.24, 2.45) is 0 Å². The van der Waals surface area contributed by atoms with Crippen molar-refractivity contribution in [3.63, 3.8) is 0 Å². The van der Waals surface area contributed by atoms with Crippen LogP contribution in [-0.4, -0.2) is 17.4 Å². The van der Waals surface area contributed by atoms with Crippen LogP contribution in [0.15, 0.2) is 66.8 Å². The predicted octanol–water partition coefficient (Wildman–Crippen LogP) is 4.25. The Hall–Kier alpha value is -2.92. The Kier molecular flexibility index (Phi) is 5.72. The summed E-state index contributed by atoms with van der Waals surface area (Å²) in [5.74, 6) is -0.792. The van der Waals surface area contributed by atoms with Crippen LogP contribution in [0.25, 0.3) is 11.1 Å². The highest BCUT2D eigenvalue weighted by atomic mass is 19.1. The Morgan fingerprint density at radius 3 is 2.20 bits per heavy atom. The van der Waals surface area contributed by atoms with E-state index in [2.05, 4.69) is 13.2 Å². The Labute approximate surface area is 145 Å². The second-order valence-corrected chi connectivity index (χ2v) is 5.66. The topological polar surface area (TPSA) is 55.8 Å². The second kappa shape index (κ2) is 7.77.